The average Bonchev–Trinajstić information content (AvgIpc) is 2.88. The number of amides is 1. The minimum atomic E-state index is -0.566. The monoisotopic (exact) mass is 472 g/mol. The fourth-order valence-corrected chi connectivity index (χ4v) is 4.35. The van der Waals surface area contributed by atoms with Crippen molar-refractivity contribution in [2.75, 3.05) is 31.1 Å². The lowest BCUT2D eigenvalue weighted by Crippen LogP contribution is -2.52. The zero-order valence-electron chi connectivity index (χ0n) is 18.9. The van der Waals surface area contributed by atoms with Gasteiger partial charge in [0.15, 0.2) is 6.10 Å². The zero-order chi connectivity index (χ0) is 23.5. The standard InChI is InChI=1S/C27H25ClN4O2/c1-19(27(33)32-15-13-31(14-16-32)22-6-4-5-21(28)17-22)34-23-11-9-20(10-12-23)26-18-29-24-7-2-3-8-25(24)30-26/h2-12,17-19H,13-16H2,1H3/t19-/m0/s1. The number of aromatic nitrogens is 2. The molecule has 1 atom stereocenters. The largest absolute Gasteiger partial charge is 0.481 e. The lowest BCUT2D eigenvalue weighted by Gasteiger charge is -2.37. The second kappa shape index (κ2) is 9.69. The van der Waals surface area contributed by atoms with E-state index in [-0.39, 0.29) is 5.91 Å². The number of rotatable bonds is 5. The first-order chi connectivity index (χ1) is 16.6. The van der Waals surface area contributed by atoms with Crippen LogP contribution in [0.4, 0.5) is 5.69 Å². The number of carbonyl (C=O) groups is 1. The maximum Gasteiger partial charge on any atom is 0.263 e. The quantitative estimate of drug-likeness (QED) is 0.406. The molecular weight excluding hydrogens is 448 g/mol. The van der Waals surface area contributed by atoms with Gasteiger partial charge in [-0.05, 0) is 61.5 Å². The normalized spacial score (nSPS) is 14.8. The third-order valence-electron chi connectivity index (χ3n) is 6.02. The smallest absolute Gasteiger partial charge is 0.263 e. The molecule has 1 aromatic heterocycles. The van der Waals surface area contributed by atoms with Crippen molar-refractivity contribution in [3.8, 4) is 17.0 Å². The second-order valence-corrected chi connectivity index (χ2v) is 8.76. The molecule has 7 heteroatoms. The first-order valence-corrected chi connectivity index (χ1v) is 11.7. The van der Waals surface area contributed by atoms with Gasteiger partial charge in [0.2, 0.25) is 0 Å². The van der Waals surface area contributed by atoms with Crippen molar-refractivity contribution in [1.82, 2.24) is 14.9 Å². The molecule has 0 spiro atoms. The van der Waals surface area contributed by atoms with Gasteiger partial charge >= 0.3 is 0 Å². The first kappa shape index (κ1) is 22.2. The fourth-order valence-electron chi connectivity index (χ4n) is 4.17. The average molecular weight is 473 g/mol. The summed E-state index contributed by atoms with van der Waals surface area (Å²) in [5.74, 6) is 0.645. The van der Waals surface area contributed by atoms with Crippen LogP contribution in [0.3, 0.4) is 0 Å². The van der Waals surface area contributed by atoms with Crippen LogP contribution < -0.4 is 9.64 Å². The van der Waals surface area contributed by atoms with E-state index in [1.165, 1.54) is 0 Å². The van der Waals surface area contributed by atoms with Crippen molar-refractivity contribution in [3.63, 3.8) is 0 Å². The Balaban J connectivity index is 1.18. The van der Waals surface area contributed by atoms with Gasteiger partial charge in [0.05, 0.1) is 22.9 Å². The molecule has 0 unspecified atom stereocenters. The molecule has 1 aliphatic heterocycles. The van der Waals surface area contributed by atoms with E-state index >= 15 is 0 Å². The SMILES string of the molecule is C[C@H](Oc1ccc(-c2cnc3ccccc3n2)cc1)C(=O)N1CCN(c2cccc(Cl)c2)CC1. The maximum atomic E-state index is 13.0. The highest BCUT2D eigenvalue weighted by atomic mass is 35.5. The predicted molar refractivity (Wildman–Crippen MR) is 135 cm³/mol. The number of nitrogens with zero attached hydrogens (tertiary/aromatic N) is 4. The summed E-state index contributed by atoms with van der Waals surface area (Å²) in [5.41, 5.74) is 4.55. The third kappa shape index (κ3) is 4.82. The van der Waals surface area contributed by atoms with Crippen LogP contribution in [-0.2, 0) is 4.79 Å². The molecule has 34 heavy (non-hydrogen) atoms. The lowest BCUT2D eigenvalue weighted by atomic mass is 10.1. The Morgan fingerprint density at radius 1 is 0.941 bits per heavy atom. The Bertz CT molecular complexity index is 1300. The Morgan fingerprint density at radius 2 is 1.68 bits per heavy atom. The molecule has 0 radical (unpaired) electrons. The number of halogens is 1. The lowest BCUT2D eigenvalue weighted by molar-refractivity contribution is -0.138. The van der Waals surface area contributed by atoms with Crippen LogP contribution in [0.15, 0.2) is 79.0 Å². The van der Waals surface area contributed by atoms with E-state index in [2.05, 4.69) is 14.9 Å². The third-order valence-corrected chi connectivity index (χ3v) is 6.26. The summed E-state index contributed by atoms with van der Waals surface area (Å²) in [6.07, 6.45) is 1.21. The van der Waals surface area contributed by atoms with Crippen LogP contribution in [0.1, 0.15) is 6.92 Å². The number of carbonyl (C=O) groups excluding carboxylic acids is 1. The molecule has 3 aromatic carbocycles. The van der Waals surface area contributed by atoms with E-state index in [0.717, 1.165) is 46.1 Å². The van der Waals surface area contributed by atoms with Gasteiger partial charge in [0, 0.05) is 42.5 Å². The van der Waals surface area contributed by atoms with E-state index in [1.54, 1.807) is 13.1 Å². The highest BCUT2D eigenvalue weighted by Gasteiger charge is 2.26. The predicted octanol–water partition coefficient (Wildman–Crippen LogP) is 5.07. The van der Waals surface area contributed by atoms with Crippen LogP contribution >= 0.6 is 11.6 Å². The summed E-state index contributed by atoms with van der Waals surface area (Å²) in [7, 11) is 0. The number of ether oxygens (including phenoxy) is 1. The Labute approximate surface area is 203 Å². The summed E-state index contributed by atoms with van der Waals surface area (Å²) in [6, 6.07) is 23.2. The van der Waals surface area contributed by atoms with Crippen molar-refractivity contribution in [2.45, 2.75) is 13.0 Å². The summed E-state index contributed by atoms with van der Waals surface area (Å²) < 4.78 is 5.96. The number of piperazine rings is 1. The maximum absolute atomic E-state index is 13.0. The topological polar surface area (TPSA) is 58.6 Å². The molecule has 1 amide bonds. The molecule has 2 heterocycles. The molecule has 0 saturated carbocycles. The van der Waals surface area contributed by atoms with Crippen molar-refractivity contribution < 1.29 is 9.53 Å². The minimum absolute atomic E-state index is 0.00443. The van der Waals surface area contributed by atoms with Gasteiger partial charge in [0.25, 0.3) is 5.91 Å². The van der Waals surface area contributed by atoms with Crippen LogP contribution in [0, 0.1) is 0 Å². The highest BCUT2D eigenvalue weighted by Crippen LogP contribution is 2.24. The number of fused-ring (bicyclic) bond motifs is 1. The van der Waals surface area contributed by atoms with Crippen molar-refractivity contribution in [3.05, 3.63) is 84.0 Å². The van der Waals surface area contributed by atoms with Gasteiger partial charge in [-0.1, -0.05) is 29.8 Å². The van der Waals surface area contributed by atoms with Gasteiger partial charge in [-0.25, -0.2) is 4.98 Å². The van der Waals surface area contributed by atoms with Crippen LogP contribution in [0.5, 0.6) is 5.75 Å². The molecule has 172 valence electrons. The molecule has 0 bridgehead atoms. The van der Waals surface area contributed by atoms with E-state index in [1.807, 2.05) is 77.7 Å². The van der Waals surface area contributed by atoms with E-state index in [9.17, 15) is 4.79 Å². The summed E-state index contributed by atoms with van der Waals surface area (Å²) in [4.78, 5) is 26.2. The molecule has 5 rings (SSSR count). The molecule has 1 fully saturated rings. The number of hydrogen-bond donors (Lipinski definition) is 0. The fraction of sp³-hybridized carbons (Fsp3) is 0.222. The Kier molecular flexibility index (Phi) is 6.32. The number of anilines is 1. The second-order valence-electron chi connectivity index (χ2n) is 8.32. The summed E-state index contributed by atoms with van der Waals surface area (Å²) >= 11 is 6.12. The van der Waals surface area contributed by atoms with E-state index in [0.29, 0.717) is 18.8 Å². The summed E-state index contributed by atoms with van der Waals surface area (Å²) in [6.45, 7) is 4.63. The molecule has 0 aliphatic carbocycles. The minimum Gasteiger partial charge on any atom is -0.481 e. The first-order valence-electron chi connectivity index (χ1n) is 11.3. The zero-order valence-corrected chi connectivity index (χ0v) is 19.7. The van der Waals surface area contributed by atoms with Crippen LogP contribution in [0.2, 0.25) is 5.02 Å². The molecule has 0 N–H and O–H groups in total. The Hall–Kier alpha value is -3.64. The van der Waals surface area contributed by atoms with Crippen LogP contribution in [0.25, 0.3) is 22.3 Å². The van der Waals surface area contributed by atoms with Crippen molar-refractivity contribution in [1.29, 1.82) is 0 Å². The number of hydrogen-bond acceptors (Lipinski definition) is 5. The van der Waals surface area contributed by atoms with E-state index < -0.39 is 6.10 Å². The molecule has 1 saturated heterocycles. The molecular formula is C27H25ClN4O2. The molecule has 6 nitrogen and oxygen atoms in total. The molecule has 4 aromatic rings. The number of benzene rings is 3. The van der Waals surface area contributed by atoms with Gasteiger partial charge in [-0.2, -0.15) is 0 Å². The highest BCUT2D eigenvalue weighted by molar-refractivity contribution is 6.30. The Morgan fingerprint density at radius 3 is 2.41 bits per heavy atom. The van der Waals surface area contributed by atoms with Gasteiger partial charge in [-0.15, -0.1) is 0 Å². The van der Waals surface area contributed by atoms with Gasteiger partial charge in [0.1, 0.15) is 5.75 Å². The van der Waals surface area contributed by atoms with Crippen LogP contribution in [-0.4, -0.2) is 53.1 Å². The van der Waals surface area contributed by atoms with Gasteiger partial charge in [-0.3, -0.25) is 9.78 Å². The summed E-state index contributed by atoms with van der Waals surface area (Å²) in [5, 5.41) is 0.719. The van der Waals surface area contributed by atoms with E-state index in [4.69, 9.17) is 16.3 Å². The molecule has 1 aliphatic rings. The van der Waals surface area contributed by atoms with Crippen molar-refractivity contribution >= 4 is 34.2 Å². The van der Waals surface area contributed by atoms with Crippen molar-refractivity contribution in [2.24, 2.45) is 0 Å². The number of para-hydroxylation sites is 2. The van der Waals surface area contributed by atoms with Gasteiger partial charge < -0.3 is 14.5 Å².